The first-order valence-electron chi connectivity index (χ1n) is 15.5. The van der Waals surface area contributed by atoms with Crippen molar-refractivity contribution in [3.63, 3.8) is 0 Å². The van der Waals surface area contributed by atoms with Crippen LogP contribution in [0.3, 0.4) is 0 Å². The van der Waals surface area contributed by atoms with Crippen LogP contribution in [0.1, 0.15) is 152 Å². The summed E-state index contributed by atoms with van der Waals surface area (Å²) >= 11 is 3.78. The topological polar surface area (TPSA) is 25.8 Å². The average Bonchev–Trinajstić information content (AvgIpc) is 3.46. The van der Waals surface area contributed by atoms with Crippen LogP contribution in [0.25, 0.3) is 20.4 Å². The molecule has 0 N–H and O–H groups in total. The smallest absolute Gasteiger partial charge is 0.0938 e. The van der Waals surface area contributed by atoms with Crippen molar-refractivity contribution in [2.24, 2.45) is 0 Å². The third-order valence-electron chi connectivity index (χ3n) is 7.47. The fourth-order valence-corrected chi connectivity index (χ4v) is 7.23. The molecule has 3 aromatic rings. The number of rotatable bonds is 22. The Balaban J connectivity index is 1.30. The summed E-state index contributed by atoms with van der Waals surface area (Å²) in [5.74, 6) is 0. The molecule has 2 nitrogen and oxygen atoms in total. The number of benzene rings is 1. The highest BCUT2D eigenvalue weighted by Gasteiger charge is 2.10. The van der Waals surface area contributed by atoms with Crippen molar-refractivity contribution < 1.29 is 0 Å². The maximum absolute atomic E-state index is 4.97. The fourth-order valence-electron chi connectivity index (χ4n) is 5.19. The number of aromatic nitrogens is 2. The molecular weight excluding hydrogens is 477 g/mol. The second-order valence-electron chi connectivity index (χ2n) is 10.9. The normalized spacial score (nSPS) is 11.8. The van der Waals surface area contributed by atoms with Gasteiger partial charge in [0.1, 0.15) is 0 Å². The minimum atomic E-state index is 1.14. The van der Waals surface area contributed by atoms with Crippen LogP contribution < -0.4 is 0 Å². The molecule has 0 saturated heterocycles. The summed E-state index contributed by atoms with van der Waals surface area (Å²) in [5, 5.41) is 2.63. The third kappa shape index (κ3) is 11.2. The van der Waals surface area contributed by atoms with Crippen molar-refractivity contribution in [2.75, 3.05) is 0 Å². The van der Waals surface area contributed by atoms with Crippen LogP contribution >= 0.6 is 22.7 Å². The van der Waals surface area contributed by atoms with E-state index in [4.69, 9.17) is 9.97 Å². The van der Waals surface area contributed by atoms with Gasteiger partial charge in [-0.25, -0.2) is 9.97 Å². The number of hydrogen-bond acceptors (Lipinski definition) is 4. The number of nitrogens with zero attached hydrogens (tertiary/aromatic N) is 2. The van der Waals surface area contributed by atoms with Gasteiger partial charge in [0, 0.05) is 0 Å². The van der Waals surface area contributed by atoms with Crippen LogP contribution in [0.2, 0.25) is 0 Å². The van der Waals surface area contributed by atoms with Gasteiger partial charge in [-0.3, -0.25) is 0 Å². The Morgan fingerprint density at radius 1 is 0.444 bits per heavy atom. The lowest BCUT2D eigenvalue weighted by molar-refractivity contribution is 0.556. The Labute approximate surface area is 229 Å². The minimum absolute atomic E-state index is 1.14. The van der Waals surface area contributed by atoms with Crippen molar-refractivity contribution in [1.82, 2.24) is 9.97 Å². The molecular formula is C32H52N2S2. The Morgan fingerprint density at radius 3 is 1.08 bits per heavy atom. The molecule has 36 heavy (non-hydrogen) atoms. The lowest BCUT2D eigenvalue weighted by Gasteiger charge is -2.01. The first-order chi connectivity index (χ1) is 17.8. The van der Waals surface area contributed by atoms with Crippen LogP contribution in [-0.4, -0.2) is 9.97 Å². The number of fused-ring (bicyclic) bond motifs is 2. The molecule has 0 atom stereocenters. The maximum atomic E-state index is 4.97. The van der Waals surface area contributed by atoms with Gasteiger partial charge in [-0.1, -0.05) is 129 Å². The quantitative estimate of drug-likeness (QED) is 0.121. The van der Waals surface area contributed by atoms with Gasteiger partial charge in [-0.2, -0.15) is 0 Å². The highest BCUT2D eigenvalue weighted by Crippen LogP contribution is 2.31. The van der Waals surface area contributed by atoms with E-state index >= 15 is 0 Å². The van der Waals surface area contributed by atoms with Crippen LogP contribution in [-0.2, 0) is 12.8 Å². The monoisotopic (exact) mass is 528 g/mol. The van der Waals surface area contributed by atoms with Gasteiger partial charge in [-0.05, 0) is 37.8 Å². The van der Waals surface area contributed by atoms with Crippen molar-refractivity contribution in [1.29, 1.82) is 0 Å². The molecule has 2 heterocycles. The lowest BCUT2D eigenvalue weighted by atomic mass is 10.1. The van der Waals surface area contributed by atoms with E-state index in [1.165, 1.54) is 159 Å². The average molecular weight is 529 g/mol. The molecule has 0 fully saturated rings. The molecule has 0 aliphatic carbocycles. The molecule has 0 aliphatic rings. The zero-order chi connectivity index (χ0) is 25.3. The van der Waals surface area contributed by atoms with Crippen LogP contribution in [0.15, 0.2) is 12.1 Å². The zero-order valence-corrected chi connectivity index (χ0v) is 25.1. The standard InChI is InChI=1S/C32H52N2S2/c1-3-5-7-9-11-13-15-17-19-21-23-31-33-27-25-30-28(26-29(27)35-31)34-32(36-30)24-22-20-18-16-14-12-10-8-6-4-2/h25-26H,3-24H2,1-2H3. The highest BCUT2D eigenvalue weighted by atomic mass is 32.1. The van der Waals surface area contributed by atoms with E-state index in [2.05, 4.69) is 26.0 Å². The van der Waals surface area contributed by atoms with Crippen LogP contribution in [0.4, 0.5) is 0 Å². The highest BCUT2D eigenvalue weighted by molar-refractivity contribution is 7.20. The predicted molar refractivity (Wildman–Crippen MR) is 164 cm³/mol. The molecule has 0 radical (unpaired) electrons. The Bertz CT molecular complexity index is 833. The van der Waals surface area contributed by atoms with E-state index < -0.39 is 0 Å². The second kappa shape index (κ2) is 18.3. The molecule has 4 heteroatoms. The molecule has 202 valence electrons. The molecule has 0 spiro atoms. The van der Waals surface area contributed by atoms with E-state index in [-0.39, 0.29) is 0 Å². The first-order valence-corrected chi connectivity index (χ1v) is 17.1. The van der Waals surface area contributed by atoms with Gasteiger partial charge in [0.25, 0.3) is 0 Å². The van der Waals surface area contributed by atoms with E-state index in [9.17, 15) is 0 Å². The Morgan fingerprint density at radius 2 is 0.750 bits per heavy atom. The molecule has 0 unspecified atom stereocenters. The Kier molecular flexibility index (Phi) is 15.0. The SMILES string of the molecule is CCCCCCCCCCCCc1nc2cc3sc(CCCCCCCCCCCC)nc3cc2s1. The first kappa shape index (κ1) is 29.6. The summed E-state index contributed by atoms with van der Waals surface area (Å²) in [5.41, 5.74) is 2.37. The summed E-state index contributed by atoms with van der Waals surface area (Å²) < 4.78 is 2.64. The van der Waals surface area contributed by atoms with E-state index in [0.717, 1.165) is 12.8 Å². The summed E-state index contributed by atoms with van der Waals surface area (Å²) in [4.78, 5) is 9.95. The zero-order valence-electron chi connectivity index (χ0n) is 23.4. The Hall–Kier alpha value is -1.00. The lowest BCUT2D eigenvalue weighted by Crippen LogP contribution is -1.85. The second-order valence-corrected chi connectivity index (χ2v) is 13.1. The van der Waals surface area contributed by atoms with Gasteiger partial charge in [0.15, 0.2) is 0 Å². The predicted octanol–water partition coefficient (Wildman–Crippen LogP) is 11.8. The fraction of sp³-hybridized carbons (Fsp3) is 0.750. The van der Waals surface area contributed by atoms with Crippen molar-refractivity contribution in [3.05, 3.63) is 22.1 Å². The molecule has 3 rings (SSSR count). The number of unbranched alkanes of at least 4 members (excludes halogenated alkanes) is 18. The largest absolute Gasteiger partial charge is 0.241 e. The summed E-state index contributed by atoms with van der Waals surface area (Å²) in [7, 11) is 0. The van der Waals surface area contributed by atoms with Gasteiger partial charge in [0.2, 0.25) is 0 Å². The number of aryl methyl sites for hydroxylation is 2. The molecule has 0 aliphatic heterocycles. The van der Waals surface area contributed by atoms with Gasteiger partial charge in [0.05, 0.1) is 30.4 Å². The van der Waals surface area contributed by atoms with E-state index in [1.807, 2.05) is 22.7 Å². The van der Waals surface area contributed by atoms with Crippen molar-refractivity contribution in [2.45, 2.75) is 155 Å². The van der Waals surface area contributed by atoms with E-state index in [1.54, 1.807) is 0 Å². The number of hydrogen-bond donors (Lipinski definition) is 0. The van der Waals surface area contributed by atoms with Crippen LogP contribution in [0.5, 0.6) is 0 Å². The maximum Gasteiger partial charge on any atom is 0.0938 e. The van der Waals surface area contributed by atoms with Gasteiger partial charge in [-0.15, -0.1) is 22.7 Å². The van der Waals surface area contributed by atoms with E-state index in [0.29, 0.717) is 0 Å². The van der Waals surface area contributed by atoms with Crippen molar-refractivity contribution >= 4 is 43.1 Å². The van der Waals surface area contributed by atoms with Gasteiger partial charge >= 0.3 is 0 Å². The minimum Gasteiger partial charge on any atom is -0.241 e. The summed E-state index contributed by atoms with van der Waals surface area (Å²) in [6, 6.07) is 4.59. The summed E-state index contributed by atoms with van der Waals surface area (Å²) in [6.07, 6.45) is 30.1. The van der Waals surface area contributed by atoms with Gasteiger partial charge < -0.3 is 0 Å². The third-order valence-corrected chi connectivity index (χ3v) is 9.63. The summed E-state index contributed by atoms with van der Waals surface area (Å²) in [6.45, 7) is 4.59. The molecule has 2 aromatic heterocycles. The van der Waals surface area contributed by atoms with Crippen LogP contribution in [0, 0.1) is 0 Å². The molecule has 0 amide bonds. The van der Waals surface area contributed by atoms with Crippen molar-refractivity contribution in [3.8, 4) is 0 Å². The number of thiazole rings is 2. The molecule has 0 saturated carbocycles. The molecule has 0 bridgehead atoms. The molecule has 1 aromatic carbocycles.